The number of nitrogens with zero attached hydrogens (tertiary/aromatic N) is 1. The number of rotatable bonds is 2. The van der Waals surface area contributed by atoms with E-state index in [0.717, 1.165) is 6.42 Å². The van der Waals surface area contributed by atoms with E-state index in [4.69, 9.17) is 0 Å². The number of pyridine rings is 1. The summed E-state index contributed by atoms with van der Waals surface area (Å²) >= 11 is 3.70. The molecule has 1 aromatic carbocycles. The normalized spacial score (nSPS) is 13.0. The van der Waals surface area contributed by atoms with Crippen LogP contribution in [0.15, 0.2) is 35.1 Å². The molecule has 1 nitrogen and oxygen atoms in total. The van der Waals surface area contributed by atoms with E-state index < -0.39 is 0 Å². The molecule has 0 radical (unpaired) electrons. The van der Waals surface area contributed by atoms with Gasteiger partial charge in [-0.15, -0.1) is 0 Å². The minimum Gasteiger partial charge on any atom is -0.264 e. The first-order valence-corrected chi connectivity index (χ1v) is 6.05. The monoisotopic (exact) mass is 263 g/mol. The first kappa shape index (κ1) is 10.6. The predicted octanol–water partition coefficient (Wildman–Crippen LogP) is 4.51. The van der Waals surface area contributed by atoms with Crippen molar-refractivity contribution >= 4 is 26.7 Å². The van der Waals surface area contributed by atoms with Gasteiger partial charge in [0, 0.05) is 22.3 Å². The van der Waals surface area contributed by atoms with Gasteiger partial charge in [-0.25, -0.2) is 0 Å². The maximum Gasteiger partial charge on any atom is 0.0346 e. The third-order valence-corrected chi connectivity index (χ3v) is 3.81. The van der Waals surface area contributed by atoms with Crippen molar-refractivity contribution in [2.45, 2.75) is 26.2 Å². The second-order valence-electron chi connectivity index (χ2n) is 3.87. The molecule has 0 aliphatic heterocycles. The van der Waals surface area contributed by atoms with Crippen LogP contribution in [0.3, 0.4) is 0 Å². The van der Waals surface area contributed by atoms with Gasteiger partial charge in [0.15, 0.2) is 0 Å². The van der Waals surface area contributed by atoms with E-state index in [9.17, 15) is 0 Å². The second-order valence-corrected chi connectivity index (χ2v) is 4.67. The summed E-state index contributed by atoms with van der Waals surface area (Å²) in [6.45, 7) is 4.47. The summed E-state index contributed by atoms with van der Waals surface area (Å²) in [4.78, 5) is 4.13. The van der Waals surface area contributed by atoms with Crippen molar-refractivity contribution < 1.29 is 0 Å². The van der Waals surface area contributed by atoms with Gasteiger partial charge in [0.1, 0.15) is 0 Å². The topological polar surface area (TPSA) is 12.9 Å². The Hall–Kier alpha value is -0.890. The smallest absolute Gasteiger partial charge is 0.0346 e. The third kappa shape index (κ3) is 1.91. The number of aromatic nitrogens is 1. The number of halogens is 1. The molecule has 0 saturated heterocycles. The molecule has 0 saturated carbocycles. The molecule has 0 amide bonds. The van der Waals surface area contributed by atoms with E-state index in [1.54, 1.807) is 0 Å². The lowest BCUT2D eigenvalue weighted by molar-refractivity contribution is 0.731. The van der Waals surface area contributed by atoms with Crippen molar-refractivity contribution in [3.8, 4) is 0 Å². The van der Waals surface area contributed by atoms with Gasteiger partial charge in [0.2, 0.25) is 0 Å². The van der Waals surface area contributed by atoms with E-state index in [1.807, 2.05) is 12.4 Å². The lowest BCUT2D eigenvalue weighted by Gasteiger charge is -2.13. The number of hydrogen-bond acceptors (Lipinski definition) is 1. The zero-order valence-corrected chi connectivity index (χ0v) is 10.6. The summed E-state index contributed by atoms with van der Waals surface area (Å²) < 4.78 is 1.22. The molecule has 15 heavy (non-hydrogen) atoms. The van der Waals surface area contributed by atoms with Crippen LogP contribution < -0.4 is 0 Å². The van der Waals surface area contributed by atoms with Crippen LogP contribution in [0.1, 0.15) is 31.7 Å². The van der Waals surface area contributed by atoms with E-state index in [1.165, 1.54) is 20.8 Å². The van der Waals surface area contributed by atoms with Crippen LogP contribution in [-0.4, -0.2) is 4.98 Å². The molecule has 0 N–H and O–H groups in total. The van der Waals surface area contributed by atoms with Gasteiger partial charge in [-0.1, -0.05) is 26.0 Å². The van der Waals surface area contributed by atoms with Gasteiger partial charge in [-0.3, -0.25) is 4.98 Å². The minimum absolute atomic E-state index is 0.594. The minimum atomic E-state index is 0.594. The highest BCUT2D eigenvalue weighted by Crippen LogP contribution is 2.32. The molecule has 1 unspecified atom stereocenters. The van der Waals surface area contributed by atoms with E-state index >= 15 is 0 Å². The van der Waals surface area contributed by atoms with E-state index in [0.29, 0.717) is 5.92 Å². The molecular formula is C13H14BrN. The van der Waals surface area contributed by atoms with E-state index in [2.05, 4.69) is 53.0 Å². The van der Waals surface area contributed by atoms with Crippen LogP contribution in [0, 0.1) is 0 Å². The Bertz CT molecular complexity index is 479. The summed E-state index contributed by atoms with van der Waals surface area (Å²) in [5.74, 6) is 0.594. The maximum absolute atomic E-state index is 4.13. The largest absolute Gasteiger partial charge is 0.264 e. The van der Waals surface area contributed by atoms with Gasteiger partial charge in [0.05, 0.1) is 0 Å². The SMILES string of the molecule is CCC(C)c1ccc2cnccc2c1Br. The molecule has 1 atom stereocenters. The Balaban J connectivity index is 2.65. The fourth-order valence-corrected chi connectivity index (χ4v) is 2.63. The quantitative estimate of drug-likeness (QED) is 0.777. The lowest BCUT2D eigenvalue weighted by atomic mass is 9.96. The average molecular weight is 264 g/mol. The van der Waals surface area contributed by atoms with Crippen molar-refractivity contribution in [2.75, 3.05) is 0 Å². The molecule has 0 bridgehead atoms. The number of fused-ring (bicyclic) bond motifs is 1. The maximum atomic E-state index is 4.13. The highest BCUT2D eigenvalue weighted by atomic mass is 79.9. The summed E-state index contributed by atoms with van der Waals surface area (Å²) in [6.07, 6.45) is 4.91. The van der Waals surface area contributed by atoms with Gasteiger partial charge in [0.25, 0.3) is 0 Å². The molecule has 1 heterocycles. The van der Waals surface area contributed by atoms with Crippen LogP contribution in [0.25, 0.3) is 10.8 Å². The standard InChI is InChI=1S/C13H14BrN/c1-3-9(2)11-5-4-10-8-15-7-6-12(10)13(11)14/h4-9H,3H2,1-2H3. The van der Waals surface area contributed by atoms with Gasteiger partial charge in [-0.2, -0.15) is 0 Å². The Kier molecular flexibility index (Phi) is 3.06. The van der Waals surface area contributed by atoms with E-state index in [-0.39, 0.29) is 0 Å². The Morgan fingerprint density at radius 2 is 2.13 bits per heavy atom. The molecule has 0 aliphatic rings. The Morgan fingerprint density at radius 1 is 1.33 bits per heavy atom. The summed E-state index contributed by atoms with van der Waals surface area (Å²) in [7, 11) is 0. The molecular weight excluding hydrogens is 250 g/mol. The van der Waals surface area contributed by atoms with Crippen molar-refractivity contribution in [3.63, 3.8) is 0 Å². The Labute approximate surface area is 98.7 Å². The van der Waals surface area contributed by atoms with Crippen molar-refractivity contribution in [1.29, 1.82) is 0 Å². The zero-order chi connectivity index (χ0) is 10.8. The molecule has 0 spiro atoms. The molecule has 2 rings (SSSR count). The van der Waals surface area contributed by atoms with Gasteiger partial charge < -0.3 is 0 Å². The van der Waals surface area contributed by atoms with Crippen LogP contribution >= 0.6 is 15.9 Å². The molecule has 1 aromatic heterocycles. The zero-order valence-electron chi connectivity index (χ0n) is 9.00. The fourth-order valence-electron chi connectivity index (χ4n) is 1.75. The highest BCUT2D eigenvalue weighted by molar-refractivity contribution is 9.10. The molecule has 78 valence electrons. The lowest BCUT2D eigenvalue weighted by Crippen LogP contribution is -1.93. The van der Waals surface area contributed by atoms with Crippen molar-refractivity contribution in [1.82, 2.24) is 4.98 Å². The summed E-state index contributed by atoms with van der Waals surface area (Å²) in [5, 5.41) is 2.44. The van der Waals surface area contributed by atoms with Gasteiger partial charge >= 0.3 is 0 Å². The van der Waals surface area contributed by atoms with Crippen LogP contribution in [-0.2, 0) is 0 Å². The first-order valence-electron chi connectivity index (χ1n) is 5.26. The van der Waals surface area contributed by atoms with Gasteiger partial charge in [-0.05, 0) is 45.3 Å². The predicted molar refractivity (Wildman–Crippen MR) is 68.1 cm³/mol. The highest BCUT2D eigenvalue weighted by Gasteiger charge is 2.09. The molecule has 2 aromatic rings. The summed E-state index contributed by atoms with van der Waals surface area (Å²) in [5.41, 5.74) is 1.39. The number of benzene rings is 1. The average Bonchev–Trinajstić information content (AvgIpc) is 2.29. The third-order valence-electron chi connectivity index (χ3n) is 2.93. The fraction of sp³-hybridized carbons (Fsp3) is 0.308. The van der Waals surface area contributed by atoms with Crippen LogP contribution in [0.2, 0.25) is 0 Å². The van der Waals surface area contributed by atoms with Crippen molar-refractivity contribution in [3.05, 3.63) is 40.6 Å². The van der Waals surface area contributed by atoms with Crippen LogP contribution in [0.5, 0.6) is 0 Å². The first-order chi connectivity index (χ1) is 7.24. The Morgan fingerprint density at radius 3 is 2.87 bits per heavy atom. The van der Waals surface area contributed by atoms with Crippen LogP contribution in [0.4, 0.5) is 0 Å². The molecule has 2 heteroatoms. The summed E-state index contributed by atoms with van der Waals surface area (Å²) in [6, 6.07) is 6.40. The second kappa shape index (κ2) is 4.31. The van der Waals surface area contributed by atoms with Crippen molar-refractivity contribution in [2.24, 2.45) is 0 Å². The number of hydrogen-bond donors (Lipinski definition) is 0. The molecule has 0 fully saturated rings. The molecule has 0 aliphatic carbocycles.